The summed E-state index contributed by atoms with van der Waals surface area (Å²) in [6, 6.07) is 12.0. The molecule has 2 saturated heterocycles. The minimum Gasteiger partial charge on any atom is -0.392 e. The van der Waals surface area contributed by atoms with Gasteiger partial charge in [0.2, 0.25) is 0 Å². The number of piperidine rings is 1. The number of aliphatic hydroxyl groups excluding tert-OH is 1. The Labute approximate surface area is 167 Å². The minimum atomic E-state index is 0.0897. The van der Waals surface area contributed by atoms with Crippen LogP contribution in [0, 0.1) is 5.92 Å². The lowest BCUT2D eigenvalue weighted by Crippen LogP contribution is -2.35. The Kier molecular flexibility index (Phi) is 5.91. The van der Waals surface area contributed by atoms with Crippen LogP contribution in [-0.4, -0.2) is 47.1 Å². The minimum absolute atomic E-state index is 0.0897. The van der Waals surface area contributed by atoms with Crippen LogP contribution in [0.15, 0.2) is 42.6 Å². The van der Waals surface area contributed by atoms with Gasteiger partial charge in [0.05, 0.1) is 6.61 Å². The molecule has 5 heteroatoms. The molecule has 0 unspecified atom stereocenters. The summed E-state index contributed by atoms with van der Waals surface area (Å²) in [7, 11) is 0. The Morgan fingerprint density at radius 2 is 1.89 bits per heavy atom. The molecule has 2 fully saturated rings. The SMILES string of the molecule is O=C(c1ccnc(N2CC[C@@H](Cc3cccc(CO)c3)C2)c1)N1CCCCC1. The van der Waals surface area contributed by atoms with Crippen LogP contribution in [0.5, 0.6) is 0 Å². The number of amides is 1. The van der Waals surface area contributed by atoms with Crippen LogP contribution < -0.4 is 4.90 Å². The molecule has 2 aliphatic heterocycles. The van der Waals surface area contributed by atoms with E-state index >= 15 is 0 Å². The van der Waals surface area contributed by atoms with Crippen LogP contribution in [0.3, 0.4) is 0 Å². The number of benzene rings is 1. The van der Waals surface area contributed by atoms with E-state index in [-0.39, 0.29) is 12.5 Å². The molecule has 0 radical (unpaired) electrons. The first-order valence-electron chi connectivity index (χ1n) is 10.4. The highest BCUT2D eigenvalue weighted by Gasteiger charge is 2.25. The average molecular weight is 380 g/mol. The molecule has 5 nitrogen and oxygen atoms in total. The molecule has 3 heterocycles. The fourth-order valence-electron chi connectivity index (χ4n) is 4.40. The Morgan fingerprint density at radius 3 is 2.71 bits per heavy atom. The molecule has 4 rings (SSSR count). The van der Waals surface area contributed by atoms with Crippen molar-refractivity contribution < 1.29 is 9.90 Å². The maximum atomic E-state index is 12.8. The fourth-order valence-corrected chi connectivity index (χ4v) is 4.40. The van der Waals surface area contributed by atoms with E-state index < -0.39 is 0 Å². The van der Waals surface area contributed by atoms with Crippen molar-refractivity contribution in [1.29, 1.82) is 0 Å². The van der Waals surface area contributed by atoms with Crippen molar-refractivity contribution >= 4 is 11.7 Å². The van der Waals surface area contributed by atoms with E-state index in [0.717, 1.165) is 68.8 Å². The van der Waals surface area contributed by atoms with Gasteiger partial charge in [0.1, 0.15) is 5.82 Å². The highest BCUT2D eigenvalue weighted by Crippen LogP contribution is 2.26. The first-order chi connectivity index (χ1) is 13.7. The predicted molar refractivity (Wildman–Crippen MR) is 110 cm³/mol. The third-order valence-corrected chi connectivity index (χ3v) is 5.94. The summed E-state index contributed by atoms with van der Waals surface area (Å²) in [6.07, 6.45) is 7.34. The van der Waals surface area contributed by atoms with E-state index in [1.54, 1.807) is 6.20 Å². The molecule has 0 aliphatic carbocycles. The molecular weight excluding hydrogens is 350 g/mol. The van der Waals surface area contributed by atoms with Gasteiger partial charge in [0.25, 0.3) is 5.91 Å². The van der Waals surface area contributed by atoms with Crippen molar-refractivity contribution in [2.24, 2.45) is 5.92 Å². The lowest BCUT2D eigenvalue weighted by Gasteiger charge is -2.27. The van der Waals surface area contributed by atoms with Crippen molar-refractivity contribution in [3.8, 4) is 0 Å². The molecule has 1 atom stereocenters. The molecule has 1 N–H and O–H groups in total. The molecule has 0 spiro atoms. The number of pyridine rings is 1. The van der Waals surface area contributed by atoms with E-state index in [2.05, 4.69) is 22.0 Å². The molecule has 2 aliphatic rings. The third-order valence-electron chi connectivity index (χ3n) is 5.94. The van der Waals surface area contributed by atoms with Gasteiger partial charge in [-0.2, -0.15) is 0 Å². The van der Waals surface area contributed by atoms with Gasteiger partial charge < -0.3 is 14.9 Å². The molecule has 0 saturated carbocycles. The zero-order chi connectivity index (χ0) is 19.3. The number of aromatic nitrogens is 1. The van der Waals surface area contributed by atoms with Crippen LogP contribution in [0.4, 0.5) is 5.82 Å². The quantitative estimate of drug-likeness (QED) is 0.866. The van der Waals surface area contributed by atoms with E-state index in [4.69, 9.17) is 0 Å². The zero-order valence-electron chi connectivity index (χ0n) is 16.4. The number of likely N-dealkylation sites (tertiary alicyclic amines) is 1. The van der Waals surface area contributed by atoms with Crippen molar-refractivity contribution in [2.75, 3.05) is 31.1 Å². The van der Waals surface area contributed by atoms with Crippen molar-refractivity contribution in [2.45, 2.75) is 38.7 Å². The van der Waals surface area contributed by atoms with Crippen LogP contribution in [0.1, 0.15) is 47.2 Å². The average Bonchev–Trinajstić information content (AvgIpc) is 3.22. The second kappa shape index (κ2) is 8.74. The normalized spacial score (nSPS) is 19.8. The Morgan fingerprint density at radius 1 is 1.07 bits per heavy atom. The van der Waals surface area contributed by atoms with E-state index in [1.165, 1.54) is 12.0 Å². The topological polar surface area (TPSA) is 56.7 Å². The number of hydrogen-bond acceptors (Lipinski definition) is 4. The lowest BCUT2D eigenvalue weighted by molar-refractivity contribution is 0.0724. The molecule has 1 amide bonds. The number of carbonyl (C=O) groups is 1. The van der Waals surface area contributed by atoms with Crippen LogP contribution >= 0.6 is 0 Å². The highest BCUT2D eigenvalue weighted by molar-refractivity contribution is 5.94. The van der Waals surface area contributed by atoms with Gasteiger partial charge in [-0.1, -0.05) is 24.3 Å². The summed E-state index contributed by atoms with van der Waals surface area (Å²) in [5.74, 6) is 1.62. The number of aliphatic hydroxyl groups is 1. The Hall–Kier alpha value is -2.40. The maximum Gasteiger partial charge on any atom is 0.254 e. The van der Waals surface area contributed by atoms with Crippen LogP contribution in [0.2, 0.25) is 0 Å². The van der Waals surface area contributed by atoms with Gasteiger partial charge >= 0.3 is 0 Å². The van der Waals surface area contributed by atoms with Crippen molar-refractivity contribution in [1.82, 2.24) is 9.88 Å². The second-order valence-electron chi connectivity index (χ2n) is 8.04. The number of nitrogens with zero attached hydrogens (tertiary/aromatic N) is 3. The largest absolute Gasteiger partial charge is 0.392 e. The van der Waals surface area contributed by atoms with Gasteiger partial charge in [0.15, 0.2) is 0 Å². The Balaban J connectivity index is 1.40. The zero-order valence-corrected chi connectivity index (χ0v) is 16.4. The first-order valence-corrected chi connectivity index (χ1v) is 10.4. The van der Waals surface area contributed by atoms with Crippen LogP contribution in [0.25, 0.3) is 0 Å². The summed E-state index contributed by atoms with van der Waals surface area (Å²) in [6.45, 7) is 3.76. The number of rotatable bonds is 5. The van der Waals surface area contributed by atoms with Crippen molar-refractivity contribution in [3.63, 3.8) is 0 Å². The fraction of sp³-hybridized carbons (Fsp3) is 0.478. The van der Waals surface area contributed by atoms with E-state index in [1.807, 2.05) is 29.2 Å². The molecule has 2 aromatic rings. The highest BCUT2D eigenvalue weighted by atomic mass is 16.3. The smallest absolute Gasteiger partial charge is 0.254 e. The van der Waals surface area contributed by atoms with E-state index in [0.29, 0.717) is 5.92 Å². The summed E-state index contributed by atoms with van der Waals surface area (Å²) in [4.78, 5) is 21.6. The first kappa shape index (κ1) is 18.9. The lowest BCUT2D eigenvalue weighted by atomic mass is 9.97. The molecule has 1 aromatic heterocycles. The van der Waals surface area contributed by atoms with Gasteiger partial charge in [-0.3, -0.25) is 4.79 Å². The third kappa shape index (κ3) is 4.36. The molecule has 28 heavy (non-hydrogen) atoms. The van der Waals surface area contributed by atoms with Crippen molar-refractivity contribution in [3.05, 3.63) is 59.3 Å². The number of anilines is 1. The summed E-state index contributed by atoms with van der Waals surface area (Å²) >= 11 is 0. The van der Waals surface area contributed by atoms with Gasteiger partial charge in [-0.25, -0.2) is 4.98 Å². The number of hydrogen-bond donors (Lipinski definition) is 1. The molecular formula is C23H29N3O2. The van der Waals surface area contributed by atoms with Gasteiger partial charge in [-0.15, -0.1) is 0 Å². The van der Waals surface area contributed by atoms with Gasteiger partial charge in [-0.05, 0) is 61.3 Å². The molecule has 0 bridgehead atoms. The summed E-state index contributed by atoms with van der Waals surface area (Å²) in [5.41, 5.74) is 3.00. The molecule has 1 aromatic carbocycles. The summed E-state index contributed by atoms with van der Waals surface area (Å²) in [5, 5.41) is 9.33. The second-order valence-corrected chi connectivity index (χ2v) is 8.04. The number of carbonyl (C=O) groups excluding carboxylic acids is 1. The summed E-state index contributed by atoms with van der Waals surface area (Å²) < 4.78 is 0. The Bertz CT molecular complexity index is 817. The monoisotopic (exact) mass is 379 g/mol. The van der Waals surface area contributed by atoms with Crippen LogP contribution in [-0.2, 0) is 13.0 Å². The maximum absolute atomic E-state index is 12.8. The predicted octanol–water partition coefficient (Wildman–Crippen LogP) is 3.27. The standard InChI is InChI=1S/C23H29N3O2/c27-17-20-6-4-5-18(14-20)13-19-8-12-26(16-19)22-15-21(7-9-24-22)23(28)25-10-2-1-3-11-25/h4-7,9,14-15,19,27H,1-3,8,10-13,16-17H2/t19-/m0/s1. The van der Waals surface area contributed by atoms with E-state index in [9.17, 15) is 9.90 Å². The van der Waals surface area contributed by atoms with Gasteiger partial charge in [0, 0.05) is 37.9 Å². The molecule has 148 valence electrons.